The van der Waals surface area contributed by atoms with Crippen LogP contribution in [0.4, 0.5) is 13.2 Å². The van der Waals surface area contributed by atoms with Gasteiger partial charge in [-0.15, -0.1) is 0 Å². The lowest BCUT2D eigenvalue weighted by Gasteiger charge is -2.34. The van der Waals surface area contributed by atoms with E-state index < -0.39 is 23.2 Å². The fourth-order valence-corrected chi connectivity index (χ4v) is 3.90. The number of hydrogen-bond donors (Lipinski definition) is 1. The molecule has 2 fully saturated rings. The van der Waals surface area contributed by atoms with Crippen LogP contribution in [0.1, 0.15) is 44.9 Å². The maximum absolute atomic E-state index is 13.7. The minimum atomic E-state index is -0.976. The molecule has 6 heteroatoms. The van der Waals surface area contributed by atoms with E-state index in [1.54, 1.807) is 0 Å². The molecule has 1 aromatic rings. The Morgan fingerprint density at radius 3 is 2.16 bits per heavy atom. The molecule has 0 atom stereocenters. The van der Waals surface area contributed by atoms with Crippen LogP contribution in [0.3, 0.4) is 0 Å². The smallest absolute Gasteiger partial charge is 0.191 e. The molecule has 1 saturated heterocycles. The number of rotatable bonds is 5. The Kier molecular flexibility index (Phi) is 6.23. The van der Waals surface area contributed by atoms with E-state index >= 15 is 0 Å². The van der Waals surface area contributed by atoms with Crippen LogP contribution >= 0.6 is 0 Å². The average molecular weight is 356 g/mol. The summed E-state index contributed by atoms with van der Waals surface area (Å²) in [6.45, 7) is 2.79. The third-order valence-corrected chi connectivity index (χ3v) is 5.53. The summed E-state index contributed by atoms with van der Waals surface area (Å²) >= 11 is 0. The Hall–Kier alpha value is -1.27. The van der Waals surface area contributed by atoms with Gasteiger partial charge in [-0.2, -0.15) is 0 Å². The summed E-state index contributed by atoms with van der Waals surface area (Å²) in [4.78, 5) is 2.39. The number of benzene rings is 1. The maximum atomic E-state index is 13.7. The Morgan fingerprint density at radius 1 is 0.960 bits per heavy atom. The van der Waals surface area contributed by atoms with Gasteiger partial charge in [0.2, 0.25) is 0 Å². The maximum Gasteiger partial charge on any atom is 0.191 e. The highest BCUT2D eigenvalue weighted by Gasteiger charge is 2.25. The van der Waals surface area contributed by atoms with Gasteiger partial charge in [-0.25, -0.2) is 13.2 Å². The summed E-state index contributed by atoms with van der Waals surface area (Å²) in [5.41, 5.74) is 5.95. The van der Waals surface area contributed by atoms with Crippen LogP contribution < -0.4 is 10.5 Å². The molecule has 1 aromatic carbocycles. The lowest BCUT2D eigenvalue weighted by Crippen LogP contribution is -2.39. The van der Waals surface area contributed by atoms with Crippen molar-refractivity contribution in [2.45, 2.75) is 57.1 Å². The first kappa shape index (κ1) is 18.5. The molecular formula is C19H27F3N2O. The van der Waals surface area contributed by atoms with Gasteiger partial charge in [0.25, 0.3) is 0 Å². The molecule has 0 amide bonds. The van der Waals surface area contributed by atoms with E-state index in [9.17, 15) is 13.2 Å². The SMILES string of the molecule is NC1CCC(CCN2CCC(Oc3c(F)cc(F)cc3F)CC2)CC1. The molecule has 0 unspecified atom stereocenters. The predicted molar refractivity (Wildman–Crippen MR) is 91.0 cm³/mol. The second-order valence-electron chi connectivity index (χ2n) is 7.43. The summed E-state index contributed by atoms with van der Waals surface area (Å²) in [6.07, 6.45) is 7.15. The first-order chi connectivity index (χ1) is 12.0. The van der Waals surface area contributed by atoms with Crippen molar-refractivity contribution in [2.75, 3.05) is 19.6 Å². The topological polar surface area (TPSA) is 38.5 Å². The van der Waals surface area contributed by atoms with Gasteiger partial charge in [0, 0.05) is 31.3 Å². The summed E-state index contributed by atoms with van der Waals surface area (Å²) < 4.78 is 45.8. The Labute approximate surface area is 147 Å². The van der Waals surface area contributed by atoms with Gasteiger partial charge in [0.1, 0.15) is 11.9 Å². The van der Waals surface area contributed by atoms with Crippen molar-refractivity contribution >= 4 is 0 Å². The standard InChI is InChI=1S/C19H27F3N2O/c20-14-11-17(21)19(18(22)12-14)25-16-6-9-24(10-7-16)8-5-13-1-3-15(23)4-2-13/h11-13,15-16H,1-10,23H2. The van der Waals surface area contributed by atoms with Gasteiger partial charge in [-0.1, -0.05) is 0 Å². The van der Waals surface area contributed by atoms with Gasteiger partial charge in [-0.3, -0.25) is 0 Å². The van der Waals surface area contributed by atoms with E-state index in [1.165, 1.54) is 19.3 Å². The normalized spacial score (nSPS) is 25.9. The van der Waals surface area contributed by atoms with Crippen molar-refractivity contribution < 1.29 is 17.9 Å². The molecule has 0 spiro atoms. The molecule has 2 N–H and O–H groups in total. The molecule has 25 heavy (non-hydrogen) atoms. The Morgan fingerprint density at radius 2 is 1.56 bits per heavy atom. The molecule has 0 radical (unpaired) electrons. The van der Waals surface area contributed by atoms with Gasteiger partial charge in [0.05, 0.1) is 0 Å². The van der Waals surface area contributed by atoms with Crippen molar-refractivity contribution in [1.29, 1.82) is 0 Å². The zero-order valence-corrected chi connectivity index (χ0v) is 14.5. The third-order valence-electron chi connectivity index (χ3n) is 5.53. The fourth-order valence-electron chi connectivity index (χ4n) is 3.90. The molecular weight excluding hydrogens is 329 g/mol. The van der Waals surface area contributed by atoms with E-state index in [0.717, 1.165) is 51.2 Å². The lowest BCUT2D eigenvalue weighted by molar-refractivity contribution is 0.0886. The molecule has 140 valence electrons. The number of hydrogen-bond acceptors (Lipinski definition) is 3. The molecule has 0 aromatic heterocycles. The molecule has 1 aliphatic carbocycles. The first-order valence-corrected chi connectivity index (χ1v) is 9.30. The zero-order chi connectivity index (χ0) is 17.8. The van der Waals surface area contributed by atoms with E-state index in [1.807, 2.05) is 0 Å². The number of likely N-dealkylation sites (tertiary alicyclic amines) is 1. The molecule has 3 rings (SSSR count). The number of nitrogens with zero attached hydrogens (tertiary/aromatic N) is 1. The fraction of sp³-hybridized carbons (Fsp3) is 0.684. The minimum absolute atomic E-state index is 0.224. The lowest BCUT2D eigenvalue weighted by atomic mass is 9.84. The number of nitrogens with two attached hydrogens (primary N) is 1. The highest BCUT2D eigenvalue weighted by atomic mass is 19.1. The summed E-state index contributed by atoms with van der Waals surface area (Å²) in [7, 11) is 0. The minimum Gasteiger partial charge on any atom is -0.484 e. The first-order valence-electron chi connectivity index (χ1n) is 9.30. The second-order valence-corrected chi connectivity index (χ2v) is 7.43. The predicted octanol–water partition coefficient (Wildman–Crippen LogP) is 3.85. The van der Waals surface area contributed by atoms with Gasteiger partial charge >= 0.3 is 0 Å². The van der Waals surface area contributed by atoms with Crippen LogP contribution in [-0.4, -0.2) is 36.7 Å². The van der Waals surface area contributed by atoms with Crippen LogP contribution in [0.5, 0.6) is 5.75 Å². The van der Waals surface area contributed by atoms with Gasteiger partial charge in [-0.05, 0) is 57.4 Å². The van der Waals surface area contributed by atoms with Crippen LogP contribution in [0.15, 0.2) is 12.1 Å². The van der Waals surface area contributed by atoms with Crippen molar-refractivity contribution in [1.82, 2.24) is 4.90 Å². The quantitative estimate of drug-likeness (QED) is 0.871. The molecule has 1 aliphatic heterocycles. The van der Waals surface area contributed by atoms with E-state index in [2.05, 4.69) is 4.90 Å². The Balaban J connectivity index is 1.42. The molecule has 0 bridgehead atoms. The largest absolute Gasteiger partial charge is 0.484 e. The van der Waals surface area contributed by atoms with Crippen LogP contribution in [0, 0.1) is 23.4 Å². The van der Waals surface area contributed by atoms with Crippen LogP contribution in [-0.2, 0) is 0 Å². The van der Waals surface area contributed by atoms with E-state index in [4.69, 9.17) is 10.5 Å². The van der Waals surface area contributed by atoms with Gasteiger partial charge < -0.3 is 15.4 Å². The number of halogens is 3. The molecule has 1 saturated carbocycles. The van der Waals surface area contributed by atoms with Crippen molar-refractivity contribution in [3.63, 3.8) is 0 Å². The molecule has 1 heterocycles. The van der Waals surface area contributed by atoms with E-state index in [0.29, 0.717) is 18.2 Å². The van der Waals surface area contributed by atoms with Crippen molar-refractivity contribution in [3.8, 4) is 5.75 Å². The average Bonchev–Trinajstić information content (AvgIpc) is 2.59. The van der Waals surface area contributed by atoms with Crippen molar-refractivity contribution in [3.05, 3.63) is 29.6 Å². The van der Waals surface area contributed by atoms with Crippen molar-refractivity contribution in [2.24, 2.45) is 11.7 Å². The van der Waals surface area contributed by atoms with Crippen LogP contribution in [0.25, 0.3) is 0 Å². The van der Waals surface area contributed by atoms with E-state index in [-0.39, 0.29) is 6.10 Å². The monoisotopic (exact) mass is 356 g/mol. The third kappa shape index (κ3) is 5.11. The number of piperidine rings is 1. The zero-order valence-electron chi connectivity index (χ0n) is 14.5. The summed E-state index contributed by atoms with van der Waals surface area (Å²) in [5.74, 6) is -2.57. The molecule has 2 aliphatic rings. The molecule has 3 nitrogen and oxygen atoms in total. The number of ether oxygens (including phenoxy) is 1. The highest BCUT2D eigenvalue weighted by molar-refractivity contribution is 5.27. The summed E-state index contributed by atoms with van der Waals surface area (Å²) in [6, 6.07) is 1.70. The Bertz CT molecular complexity index is 545. The second kappa shape index (κ2) is 8.41. The highest BCUT2D eigenvalue weighted by Crippen LogP contribution is 2.28. The van der Waals surface area contributed by atoms with Crippen LogP contribution in [0.2, 0.25) is 0 Å². The summed E-state index contributed by atoms with van der Waals surface area (Å²) in [5, 5.41) is 0. The van der Waals surface area contributed by atoms with Gasteiger partial charge in [0.15, 0.2) is 17.4 Å².